The maximum absolute atomic E-state index is 9.11. The van der Waals surface area contributed by atoms with Gasteiger partial charge in [0.15, 0.2) is 5.79 Å². The van der Waals surface area contributed by atoms with Crippen LogP contribution in [-0.4, -0.2) is 16.0 Å². The van der Waals surface area contributed by atoms with Crippen LogP contribution >= 0.6 is 0 Å². The van der Waals surface area contributed by atoms with E-state index in [0.717, 1.165) is 25.7 Å². The Bertz CT molecular complexity index is 78.9. The molecule has 54 valence electrons. The first-order chi connectivity index (χ1) is 4.21. The lowest BCUT2D eigenvalue weighted by Gasteiger charge is -2.17. The van der Waals surface area contributed by atoms with Gasteiger partial charge in [-0.15, -0.1) is 0 Å². The Kier molecular flexibility index (Phi) is 2.09. The molecule has 2 heteroatoms. The molecule has 0 aliphatic heterocycles. The Labute approximate surface area is 55.5 Å². The van der Waals surface area contributed by atoms with E-state index in [1.165, 1.54) is 0 Å². The Morgan fingerprint density at radius 3 is 1.67 bits per heavy atom. The minimum absolute atomic E-state index is 0.562. The number of rotatable bonds is 0. The van der Waals surface area contributed by atoms with Gasteiger partial charge in [-0.2, -0.15) is 0 Å². The van der Waals surface area contributed by atoms with Crippen molar-refractivity contribution in [1.82, 2.24) is 0 Å². The second-order valence-corrected chi connectivity index (χ2v) is 2.90. The van der Waals surface area contributed by atoms with Gasteiger partial charge in [-0.1, -0.05) is 12.8 Å². The highest BCUT2D eigenvalue weighted by molar-refractivity contribution is 4.68. The van der Waals surface area contributed by atoms with Gasteiger partial charge in [0.25, 0.3) is 0 Å². The number of aliphatic hydroxyl groups is 2. The van der Waals surface area contributed by atoms with Crippen LogP contribution in [0.2, 0.25) is 0 Å². The molecule has 9 heavy (non-hydrogen) atoms. The molecule has 0 spiro atoms. The summed E-state index contributed by atoms with van der Waals surface area (Å²) in [7, 11) is 0. The second-order valence-electron chi connectivity index (χ2n) is 2.90. The minimum Gasteiger partial charge on any atom is -0.366 e. The molecule has 0 atom stereocenters. The van der Waals surface area contributed by atoms with Gasteiger partial charge in [0.05, 0.1) is 0 Å². The topological polar surface area (TPSA) is 40.5 Å². The lowest BCUT2D eigenvalue weighted by molar-refractivity contribution is -0.168. The van der Waals surface area contributed by atoms with Crippen molar-refractivity contribution in [1.29, 1.82) is 0 Å². The van der Waals surface area contributed by atoms with E-state index in [1.54, 1.807) is 0 Å². The van der Waals surface area contributed by atoms with Crippen molar-refractivity contribution < 1.29 is 10.2 Å². The van der Waals surface area contributed by atoms with Gasteiger partial charge >= 0.3 is 0 Å². The number of hydrogen-bond acceptors (Lipinski definition) is 2. The molecule has 0 aromatic rings. The first kappa shape index (κ1) is 7.03. The van der Waals surface area contributed by atoms with E-state index in [4.69, 9.17) is 10.2 Å². The summed E-state index contributed by atoms with van der Waals surface area (Å²) in [5, 5.41) is 18.2. The van der Waals surface area contributed by atoms with E-state index in [0.29, 0.717) is 12.8 Å². The fourth-order valence-electron chi connectivity index (χ4n) is 1.29. The predicted molar refractivity (Wildman–Crippen MR) is 34.9 cm³/mol. The van der Waals surface area contributed by atoms with Crippen molar-refractivity contribution >= 4 is 0 Å². The van der Waals surface area contributed by atoms with Gasteiger partial charge in [-0.3, -0.25) is 0 Å². The third-order valence-corrected chi connectivity index (χ3v) is 1.90. The molecule has 0 aromatic carbocycles. The molecule has 0 aromatic heterocycles. The summed E-state index contributed by atoms with van der Waals surface area (Å²) < 4.78 is 0. The summed E-state index contributed by atoms with van der Waals surface area (Å²) in [4.78, 5) is 0. The Balaban J connectivity index is 2.36. The van der Waals surface area contributed by atoms with Crippen molar-refractivity contribution in [3.05, 3.63) is 0 Å². The van der Waals surface area contributed by atoms with Gasteiger partial charge in [0, 0.05) is 12.8 Å². The molecule has 2 N–H and O–H groups in total. The molecule has 1 fully saturated rings. The van der Waals surface area contributed by atoms with Crippen LogP contribution in [0, 0.1) is 0 Å². The lowest BCUT2D eigenvalue weighted by Crippen LogP contribution is -2.26. The highest BCUT2D eigenvalue weighted by Crippen LogP contribution is 2.23. The van der Waals surface area contributed by atoms with Crippen molar-refractivity contribution in [2.24, 2.45) is 0 Å². The average molecular weight is 130 g/mol. The molecule has 0 saturated heterocycles. The largest absolute Gasteiger partial charge is 0.366 e. The fraction of sp³-hybridized carbons (Fsp3) is 1.00. The molecule has 0 unspecified atom stereocenters. The zero-order valence-corrected chi connectivity index (χ0v) is 5.64. The van der Waals surface area contributed by atoms with E-state index in [1.807, 2.05) is 0 Å². The third kappa shape index (κ3) is 2.33. The quantitative estimate of drug-likeness (QED) is 0.379. The number of hydrogen-bond donors (Lipinski definition) is 2. The molecule has 1 aliphatic rings. The molecule has 1 saturated carbocycles. The normalized spacial score (nSPS) is 27.3. The van der Waals surface area contributed by atoms with Crippen LogP contribution in [-0.2, 0) is 0 Å². The van der Waals surface area contributed by atoms with Crippen LogP contribution in [0.25, 0.3) is 0 Å². The molecule has 0 amide bonds. The average Bonchev–Trinajstić information content (AvgIpc) is 1.92. The summed E-state index contributed by atoms with van der Waals surface area (Å²) >= 11 is 0. The molecule has 0 bridgehead atoms. The van der Waals surface area contributed by atoms with Crippen molar-refractivity contribution in [3.63, 3.8) is 0 Å². The van der Waals surface area contributed by atoms with Crippen molar-refractivity contribution in [2.75, 3.05) is 0 Å². The Morgan fingerprint density at radius 2 is 1.22 bits per heavy atom. The van der Waals surface area contributed by atoms with E-state index in [9.17, 15) is 0 Å². The summed E-state index contributed by atoms with van der Waals surface area (Å²) in [6.07, 6.45) is 5.37. The molecular formula is C7H14O2. The van der Waals surface area contributed by atoms with Gasteiger partial charge in [0.1, 0.15) is 0 Å². The van der Waals surface area contributed by atoms with Crippen LogP contribution in [0.1, 0.15) is 38.5 Å². The van der Waals surface area contributed by atoms with Crippen LogP contribution in [0.5, 0.6) is 0 Å². The fourth-order valence-corrected chi connectivity index (χ4v) is 1.29. The molecule has 0 heterocycles. The minimum atomic E-state index is -1.34. The molecule has 1 rings (SSSR count). The standard InChI is InChI=1S/C7H14O2/c8-7(9)5-3-1-2-4-6-7/h8-9H,1-6H2. The van der Waals surface area contributed by atoms with Crippen molar-refractivity contribution in [2.45, 2.75) is 44.3 Å². The Morgan fingerprint density at radius 1 is 0.778 bits per heavy atom. The smallest absolute Gasteiger partial charge is 0.162 e. The zero-order chi connectivity index (χ0) is 6.74. The van der Waals surface area contributed by atoms with Gasteiger partial charge < -0.3 is 10.2 Å². The maximum atomic E-state index is 9.11. The Hall–Kier alpha value is -0.0800. The lowest BCUT2D eigenvalue weighted by atomic mass is 10.1. The van der Waals surface area contributed by atoms with Crippen molar-refractivity contribution in [3.8, 4) is 0 Å². The van der Waals surface area contributed by atoms with Crippen LogP contribution in [0.15, 0.2) is 0 Å². The van der Waals surface area contributed by atoms with E-state index in [2.05, 4.69) is 0 Å². The van der Waals surface area contributed by atoms with Gasteiger partial charge in [-0.25, -0.2) is 0 Å². The van der Waals surface area contributed by atoms with Crippen LogP contribution in [0.4, 0.5) is 0 Å². The first-order valence-corrected chi connectivity index (χ1v) is 3.65. The zero-order valence-electron chi connectivity index (χ0n) is 5.64. The molecular weight excluding hydrogens is 116 g/mol. The van der Waals surface area contributed by atoms with Gasteiger partial charge in [-0.05, 0) is 12.8 Å². The molecule has 2 nitrogen and oxygen atoms in total. The highest BCUT2D eigenvalue weighted by atomic mass is 16.5. The molecule has 0 radical (unpaired) electrons. The summed E-state index contributed by atoms with van der Waals surface area (Å²) in [6.45, 7) is 0. The highest BCUT2D eigenvalue weighted by Gasteiger charge is 2.23. The van der Waals surface area contributed by atoms with E-state index < -0.39 is 5.79 Å². The van der Waals surface area contributed by atoms with Crippen LogP contribution in [0.3, 0.4) is 0 Å². The summed E-state index contributed by atoms with van der Waals surface area (Å²) in [6, 6.07) is 0. The SMILES string of the molecule is OC1(O)CCCCCC1. The first-order valence-electron chi connectivity index (χ1n) is 3.65. The summed E-state index contributed by atoms with van der Waals surface area (Å²) in [5.74, 6) is -1.34. The molecule has 1 aliphatic carbocycles. The summed E-state index contributed by atoms with van der Waals surface area (Å²) in [5.41, 5.74) is 0. The van der Waals surface area contributed by atoms with Crippen LogP contribution < -0.4 is 0 Å². The monoisotopic (exact) mass is 130 g/mol. The maximum Gasteiger partial charge on any atom is 0.162 e. The second kappa shape index (κ2) is 2.67. The third-order valence-electron chi connectivity index (χ3n) is 1.90. The predicted octanol–water partition coefficient (Wildman–Crippen LogP) is 1.02. The van der Waals surface area contributed by atoms with E-state index >= 15 is 0 Å². The van der Waals surface area contributed by atoms with E-state index in [-0.39, 0.29) is 0 Å². The van der Waals surface area contributed by atoms with Gasteiger partial charge in [0.2, 0.25) is 0 Å².